The number of rotatable bonds is 4. The number of anilines is 2. The van der Waals surface area contributed by atoms with Crippen molar-refractivity contribution in [2.75, 3.05) is 36.5 Å². The fraction of sp³-hybridized carbons (Fsp3) is 0.667. The number of aliphatic hydroxyl groups is 1. The molecule has 1 unspecified atom stereocenters. The van der Waals surface area contributed by atoms with E-state index < -0.39 is 0 Å². The number of halogens is 1. The number of hydrogen-bond donors (Lipinski definition) is 2. The standard InChI is InChI=1S/C12H19BrN4O/c1-2-14-11-10(13)12(16-8-15-11)17-5-3-4-9(6-17)7-18/h8-9,18H,2-7H2,1H3,(H,14,15,16). The van der Waals surface area contributed by atoms with Crippen LogP contribution in [0.4, 0.5) is 11.6 Å². The van der Waals surface area contributed by atoms with Gasteiger partial charge < -0.3 is 15.3 Å². The lowest BCUT2D eigenvalue weighted by Crippen LogP contribution is -2.37. The van der Waals surface area contributed by atoms with E-state index in [1.807, 2.05) is 6.92 Å². The molecule has 2 N–H and O–H groups in total. The van der Waals surface area contributed by atoms with E-state index in [2.05, 4.69) is 36.1 Å². The number of piperidine rings is 1. The summed E-state index contributed by atoms with van der Waals surface area (Å²) in [5, 5.41) is 12.5. The van der Waals surface area contributed by atoms with E-state index in [4.69, 9.17) is 0 Å². The van der Waals surface area contributed by atoms with Gasteiger partial charge in [-0.1, -0.05) is 0 Å². The number of nitrogens with one attached hydrogen (secondary N) is 1. The van der Waals surface area contributed by atoms with Crippen molar-refractivity contribution in [2.45, 2.75) is 19.8 Å². The van der Waals surface area contributed by atoms with Gasteiger partial charge in [-0.05, 0) is 41.6 Å². The van der Waals surface area contributed by atoms with Gasteiger partial charge in [-0.3, -0.25) is 0 Å². The minimum absolute atomic E-state index is 0.249. The maximum absolute atomic E-state index is 9.28. The zero-order valence-electron chi connectivity index (χ0n) is 10.6. The molecule has 5 nitrogen and oxygen atoms in total. The molecule has 0 spiro atoms. The summed E-state index contributed by atoms with van der Waals surface area (Å²) in [6.45, 7) is 4.96. The van der Waals surface area contributed by atoms with Crippen molar-refractivity contribution in [3.05, 3.63) is 10.8 Å². The monoisotopic (exact) mass is 314 g/mol. The molecule has 1 aromatic rings. The summed E-state index contributed by atoms with van der Waals surface area (Å²) in [7, 11) is 0. The highest BCUT2D eigenvalue weighted by Crippen LogP contribution is 2.31. The molecule has 1 aromatic heterocycles. The van der Waals surface area contributed by atoms with Crippen LogP contribution >= 0.6 is 15.9 Å². The first-order valence-electron chi connectivity index (χ1n) is 6.36. The number of nitrogens with zero attached hydrogens (tertiary/aromatic N) is 3. The summed E-state index contributed by atoms with van der Waals surface area (Å²) in [5.41, 5.74) is 0. The van der Waals surface area contributed by atoms with Crippen molar-refractivity contribution in [1.29, 1.82) is 0 Å². The minimum Gasteiger partial charge on any atom is -0.396 e. The molecule has 1 atom stereocenters. The second-order valence-electron chi connectivity index (χ2n) is 4.53. The molecule has 2 heterocycles. The Morgan fingerprint density at radius 2 is 2.39 bits per heavy atom. The maximum atomic E-state index is 9.28. The SMILES string of the molecule is CCNc1ncnc(N2CCCC(CO)C2)c1Br. The average molecular weight is 315 g/mol. The van der Waals surface area contributed by atoms with E-state index in [9.17, 15) is 5.11 Å². The first-order valence-corrected chi connectivity index (χ1v) is 7.15. The van der Waals surface area contributed by atoms with Crippen LogP contribution in [0.5, 0.6) is 0 Å². The van der Waals surface area contributed by atoms with Crippen LogP contribution in [-0.2, 0) is 0 Å². The van der Waals surface area contributed by atoms with Gasteiger partial charge in [0.05, 0.1) is 0 Å². The van der Waals surface area contributed by atoms with Gasteiger partial charge in [0.2, 0.25) is 0 Å². The second kappa shape index (κ2) is 6.33. The normalized spacial score (nSPS) is 19.9. The van der Waals surface area contributed by atoms with E-state index >= 15 is 0 Å². The Labute approximate surface area is 116 Å². The van der Waals surface area contributed by atoms with Crippen LogP contribution < -0.4 is 10.2 Å². The van der Waals surface area contributed by atoms with Crippen LogP contribution in [0.25, 0.3) is 0 Å². The molecule has 18 heavy (non-hydrogen) atoms. The lowest BCUT2D eigenvalue weighted by atomic mass is 9.99. The van der Waals surface area contributed by atoms with Gasteiger partial charge >= 0.3 is 0 Å². The van der Waals surface area contributed by atoms with Gasteiger partial charge in [0.25, 0.3) is 0 Å². The molecule has 1 aliphatic rings. The van der Waals surface area contributed by atoms with Crippen LogP contribution in [0.15, 0.2) is 10.8 Å². The van der Waals surface area contributed by atoms with Gasteiger partial charge in [0.1, 0.15) is 22.4 Å². The lowest BCUT2D eigenvalue weighted by molar-refractivity contribution is 0.208. The highest BCUT2D eigenvalue weighted by atomic mass is 79.9. The Kier molecular flexibility index (Phi) is 4.77. The van der Waals surface area contributed by atoms with E-state index in [0.29, 0.717) is 5.92 Å². The summed E-state index contributed by atoms with van der Waals surface area (Å²) >= 11 is 3.57. The summed E-state index contributed by atoms with van der Waals surface area (Å²) in [4.78, 5) is 10.8. The molecule has 0 amide bonds. The number of hydrogen-bond acceptors (Lipinski definition) is 5. The fourth-order valence-corrected chi connectivity index (χ4v) is 2.87. The zero-order chi connectivity index (χ0) is 13.0. The van der Waals surface area contributed by atoms with Crippen molar-refractivity contribution >= 4 is 27.6 Å². The van der Waals surface area contributed by atoms with Crippen molar-refractivity contribution in [3.63, 3.8) is 0 Å². The molecule has 0 aromatic carbocycles. The molecule has 0 radical (unpaired) electrons. The van der Waals surface area contributed by atoms with Gasteiger partial charge in [0, 0.05) is 26.2 Å². The smallest absolute Gasteiger partial charge is 0.148 e. The molecule has 100 valence electrons. The largest absolute Gasteiger partial charge is 0.396 e. The molecule has 0 saturated carbocycles. The topological polar surface area (TPSA) is 61.3 Å². The Bertz CT molecular complexity index is 402. The number of aliphatic hydroxyl groups excluding tert-OH is 1. The summed E-state index contributed by atoms with van der Waals surface area (Å²) in [6, 6.07) is 0. The van der Waals surface area contributed by atoms with Gasteiger partial charge in [-0.15, -0.1) is 0 Å². The highest BCUT2D eigenvalue weighted by molar-refractivity contribution is 9.10. The van der Waals surface area contributed by atoms with Gasteiger partial charge in [0.15, 0.2) is 0 Å². The van der Waals surface area contributed by atoms with Crippen LogP contribution in [0.2, 0.25) is 0 Å². The molecule has 1 fully saturated rings. The zero-order valence-corrected chi connectivity index (χ0v) is 12.2. The minimum atomic E-state index is 0.249. The lowest BCUT2D eigenvalue weighted by Gasteiger charge is -2.33. The van der Waals surface area contributed by atoms with Gasteiger partial charge in [-0.25, -0.2) is 9.97 Å². The highest BCUT2D eigenvalue weighted by Gasteiger charge is 2.22. The molecule has 0 aliphatic carbocycles. The Balaban J connectivity index is 2.19. The molecule has 2 rings (SSSR count). The fourth-order valence-electron chi connectivity index (χ4n) is 2.28. The van der Waals surface area contributed by atoms with E-state index in [1.165, 1.54) is 0 Å². The maximum Gasteiger partial charge on any atom is 0.148 e. The molecular formula is C12H19BrN4O. The van der Waals surface area contributed by atoms with E-state index in [1.54, 1.807) is 6.33 Å². The average Bonchev–Trinajstić information content (AvgIpc) is 2.41. The van der Waals surface area contributed by atoms with Crippen molar-refractivity contribution in [1.82, 2.24) is 9.97 Å². The predicted molar refractivity (Wildman–Crippen MR) is 75.9 cm³/mol. The van der Waals surface area contributed by atoms with E-state index in [0.717, 1.165) is 48.6 Å². The summed E-state index contributed by atoms with van der Waals surface area (Å²) in [5.74, 6) is 2.09. The Hall–Kier alpha value is -0.880. The van der Waals surface area contributed by atoms with Gasteiger partial charge in [-0.2, -0.15) is 0 Å². The summed E-state index contributed by atoms with van der Waals surface area (Å²) in [6.07, 6.45) is 3.77. The first-order chi connectivity index (χ1) is 8.76. The van der Waals surface area contributed by atoms with Crippen LogP contribution in [0.1, 0.15) is 19.8 Å². The third-order valence-electron chi connectivity index (χ3n) is 3.19. The molecular weight excluding hydrogens is 296 g/mol. The van der Waals surface area contributed by atoms with Crippen molar-refractivity contribution < 1.29 is 5.11 Å². The predicted octanol–water partition coefficient (Wildman–Crippen LogP) is 1.88. The number of aromatic nitrogens is 2. The Morgan fingerprint density at radius 1 is 1.56 bits per heavy atom. The molecule has 1 saturated heterocycles. The quantitative estimate of drug-likeness (QED) is 0.888. The van der Waals surface area contributed by atoms with E-state index in [-0.39, 0.29) is 6.61 Å². The summed E-state index contributed by atoms with van der Waals surface area (Å²) < 4.78 is 0.908. The van der Waals surface area contributed by atoms with Crippen LogP contribution in [0, 0.1) is 5.92 Å². The third kappa shape index (κ3) is 2.92. The van der Waals surface area contributed by atoms with Crippen LogP contribution in [0.3, 0.4) is 0 Å². The molecule has 6 heteroatoms. The molecule has 0 bridgehead atoms. The molecule has 1 aliphatic heterocycles. The third-order valence-corrected chi connectivity index (χ3v) is 3.92. The second-order valence-corrected chi connectivity index (χ2v) is 5.32. The van der Waals surface area contributed by atoms with Crippen LogP contribution in [-0.4, -0.2) is 41.3 Å². The van der Waals surface area contributed by atoms with Crippen molar-refractivity contribution in [2.24, 2.45) is 5.92 Å². The Morgan fingerprint density at radius 3 is 3.11 bits per heavy atom. The van der Waals surface area contributed by atoms with Crippen molar-refractivity contribution in [3.8, 4) is 0 Å². The first kappa shape index (κ1) is 13.5.